The number of nitrogens with zero attached hydrogens (tertiary/aromatic N) is 1. The van der Waals surface area contributed by atoms with Crippen molar-refractivity contribution in [3.63, 3.8) is 0 Å². The molecule has 3 aromatic rings. The van der Waals surface area contributed by atoms with Crippen LogP contribution >= 0.6 is 0 Å². The number of nitrogens with two attached hydrogens (primary N) is 1. The zero-order valence-corrected chi connectivity index (χ0v) is 14.8. The molecule has 0 aliphatic heterocycles. The fourth-order valence-electron chi connectivity index (χ4n) is 2.71. The minimum absolute atomic E-state index is 0.0379. The lowest BCUT2D eigenvalue weighted by Gasteiger charge is -2.11. The average Bonchev–Trinajstić information content (AvgIpc) is 3.06. The van der Waals surface area contributed by atoms with E-state index in [0.717, 1.165) is 0 Å². The first kappa shape index (κ1) is 18.0. The maximum Gasteiger partial charge on any atom is 0.238 e. The van der Waals surface area contributed by atoms with Gasteiger partial charge in [-0.2, -0.15) is 0 Å². The van der Waals surface area contributed by atoms with E-state index < -0.39 is 10.0 Å². The van der Waals surface area contributed by atoms with Crippen LogP contribution in [0.2, 0.25) is 0 Å². The van der Waals surface area contributed by atoms with E-state index in [2.05, 4.69) is 11.7 Å². The van der Waals surface area contributed by atoms with Gasteiger partial charge in [0.2, 0.25) is 10.0 Å². The highest BCUT2D eigenvalue weighted by molar-refractivity contribution is 7.89. The molecule has 7 heteroatoms. The minimum atomic E-state index is -3.97. The van der Waals surface area contributed by atoms with Gasteiger partial charge in [0.05, 0.1) is 10.5 Å². The summed E-state index contributed by atoms with van der Waals surface area (Å²) in [6.07, 6.45) is 1.66. The monoisotopic (exact) mass is 372 g/mol. The van der Waals surface area contributed by atoms with Crippen LogP contribution in [0.15, 0.2) is 70.6 Å². The molecule has 0 bridgehead atoms. The molecule has 1 heterocycles. The summed E-state index contributed by atoms with van der Waals surface area (Å²) in [7, 11) is -3.97. The van der Waals surface area contributed by atoms with Crippen LogP contribution in [-0.2, 0) is 10.0 Å². The molecule has 2 aromatic carbocycles. The van der Waals surface area contributed by atoms with Crippen molar-refractivity contribution >= 4 is 10.0 Å². The average molecular weight is 372 g/mol. The number of hydrogen-bond donors (Lipinski definition) is 1. The number of rotatable bonds is 5. The molecule has 0 saturated carbocycles. The Hall–Kier alpha value is -2.77. The molecular formula is C19H17FN2O3S. The molecule has 1 atom stereocenters. The third-order valence-corrected chi connectivity index (χ3v) is 5.04. The van der Waals surface area contributed by atoms with Crippen LogP contribution in [-0.4, -0.2) is 13.6 Å². The van der Waals surface area contributed by atoms with Crippen molar-refractivity contribution in [1.82, 2.24) is 5.16 Å². The molecule has 0 aliphatic carbocycles. The normalized spacial score (nSPS) is 12.7. The van der Waals surface area contributed by atoms with Crippen LogP contribution in [0.1, 0.15) is 18.6 Å². The summed E-state index contributed by atoms with van der Waals surface area (Å²) < 4.78 is 42.9. The van der Waals surface area contributed by atoms with Crippen LogP contribution in [0, 0.1) is 5.82 Å². The Bertz CT molecular complexity index is 1060. The highest BCUT2D eigenvalue weighted by Gasteiger charge is 2.26. The van der Waals surface area contributed by atoms with Gasteiger partial charge in [-0.05, 0) is 30.3 Å². The van der Waals surface area contributed by atoms with Gasteiger partial charge in [-0.15, -0.1) is 6.58 Å². The number of benzene rings is 2. The zero-order valence-electron chi connectivity index (χ0n) is 14.0. The van der Waals surface area contributed by atoms with Crippen molar-refractivity contribution in [2.45, 2.75) is 17.7 Å². The molecule has 2 N–H and O–H groups in total. The van der Waals surface area contributed by atoms with Crippen LogP contribution in [0.25, 0.3) is 22.4 Å². The Kier molecular flexibility index (Phi) is 4.76. The number of sulfonamides is 1. The molecule has 0 saturated heterocycles. The van der Waals surface area contributed by atoms with E-state index in [0.29, 0.717) is 28.1 Å². The zero-order chi connectivity index (χ0) is 18.9. The van der Waals surface area contributed by atoms with Gasteiger partial charge in [-0.25, -0.2) is 17.9 Å². The lowest BCUT2D eigenvalue weighted by molar-refractivity contribution is 0.380. The lowest BCUT2D eigenvalue weighted by atomic mass is 9.94. The van der Waals surface area contributed by atoms with Gasteiger partial charge in [0.25, 0.3) is 0 Å². The SMILES string of the molecule is C=CC(C)c1onc(-c2ccc(F)cc2)c1-c1ccccc1S(N)(=O)=O. The summed E-state index contributed by atoms with van der Waals surface area (Å²) in [6.45, 7) is 5.61. The van der Waals surface area contributed by atoms with Crippen molar-refractivity contribution in [2.24, 2.45) is 5.14 Å². The van der Waals surface area contributed by atoms with Crippen LogP contribution < -0.4 is 5.14 Å². The first-order valence-electron chi connectivity index (χ1n) is 7.83. The number of halogens is 1. The van der Waals surface area contributed by atoms with Gasteiger partial charge in [-0.1, -0.05) is 36.4 Å². The standard InChI is InChI=1S/C19H17FN2O3S/c1-3-12(2)19-17(15-6-4-5-7-16(15)26(21,23)24)18(22-25-19)13-8-10-14(20)11-9-13/h3-12H,1H2,2H3,(H2,21,23,24). The summed E-state index contributed by atoms with van der Waals surface area (Å²) in [6, 6.07) is 12.1. The van der Waals surface area contributed by atoms with Crippen LogP contribution in [0.3, 0.4) is 0 Å². The molecule has 1 unspecified atom stereocenters. The maximum absolute atomic E-state index is 13.3. The Morgan fingerprint density at radius 2 is 1.85 bits per heavy atom. The van der Waals surface area contributed by atoms with E-state index in [4.69, 9.17) is 9.66 Å². The molecule has 3 rings (SSSR count). The second-order valence-corrected chi connectivity index (χ2v) is 7.37. The van der Waals surface area contributed by atoms with E-state index >= 15 is 0 Å². The number of allylic oxidation sites excluding steroid dienone is 1. The van der Waals surface area contributed by atoms with Crippen molar-refractivity contribution in [3.8, 4) is 22.4 Å². The highest BCUT2D eigenvalue weighted by Crippen LogP contribution is 2.40. The highest BCUT2D eigenvalue weighted by atomic mass is 32.2. The van der Waals surface area contributed by atoms with E-state index in [1.165, 1.54) is 18.2 Å². The van der Waals surface area contributed by atoms with Crippen LogP contribution in [0.4, 0.5) is 4.39 Å². The second-order valence-electron chi connectivity index (χ2n) is 5.84. The summed E-state index contributed by atoms with van der Waals surface area (Å²) in [4.78, 5) is -0.0379. The van der Waals surface area contributed by atoms with E-state index in [-0.39, 0.29) is 16.6 Å². The third-order valence-electron chi connectivity index (χ3n) is 4.07. The molecular weight excluding hydrogens is 355 g/mol. The first-order chi connectivity index (χ1) is 12.3. The smallest absolute Gasteiger partial charge is 0.238 e. The number of aromatic nitrogens is 1. The molecule has 1 aromatic heterocycles. The minimum Gasteiger partial charge on any atom is -0.359 e. The van der Waals surface area contributed by atoms with Gasteiger partial charge < -0.3 is 4.52 Å². The topological polar surface area (TPSA) is 86.2 Å². The quantitative estimate of drug-likeness (QED) is 0.684. The number of hydrogen-bond acceptors (Lipinski definition) is 4. The predicted molar refractivity (Wildman–Crippen MR) is 97.3 cm³/mol. The molecule has 0 amide bonds. The Morgan fingerprint density at radius 3 is 2.46 bits per heavy atom. The van der Waals surface area contributed by atoms with Crippen molar-refractivity contribution in [2.75, 3.05) is 0 Å². The van der Waals surface area contributed by atoms with E-state index in [1.54, 1.807) is 36.4 Å². The van der Waals surface area contributed by atoms with Crippen molar-refractivity contribution in [3.05, 3.63) is 72.8 Å². The van der Waals surface area contributed by atoms with E-state index in [9.17, 15) is 12.8 Å². The van der Waals surface area contributed by atoms with Gasteiger partial charge in [-0.3, -0.25) is 0 Å². The molecule has 0 radical (unpaired) electrons. The summed E-state index contributed by atoms with van der Waals surface area (Å²) in [5, 5.41) is 9.49. The Balaban J connectivity index is 2.34. The van der Waals surface area contributed by atoms with Gasteiger partial charge in [0, 0.05) is 17.0 Å². The van der Waals surface area contributed by atoms with Gasteiger partial charge >= 0.3 is 0 Å². The lowest BCUT2D eigenvalue weighted by Crippen LogP contribution is -2.13. The molecule has 0 fully saturated rings. The first-order valence-corrected chi connectivity index (χ1v) is 9.38. The molecule has 0 aliphatic rings. The summed E-state index contributed by atoms with van der Waals surface area (Å²) in [5.74, 6) is -0.154. The molecule has 0 spiro atoms. The van der Waals surface area contributed by atoms with Crippen molar-refractivity contribution < 1.29 is 17.3 Å². The number of primary sulfonamides is 1. The molecule has 5 nitrogen and oxygen atoms in total. The third kappa shape index (κ3) is 3.31. The van der Waals surface area contributed by atoms with Gasteiger partial charge in [0.1, 0.15) is 11.5 Å². The van der Waals surface area contributed by atoms with Gasteiger partial charge in [0.15, 0.2) is 5.76 Å². The predicted octanol–water partition coefficient (Wildman–Crippen LogP) is 4.08. The fraction of sp³-hybridized carbons (Fsp3) is 0.105. The molecule has 26 heavy (non-hydrogen) atoms. The van der Waals surface area contributed by atoms with E-state index in [1.807, 2.05) is 6.92 Å². The summed E-state index contributed by atoms with van der Waals surface area (Å²) in [5.41, 5.74) is 1.87. The Morgan fingerprint density at radius 1 is 1.19 bits per heavy atom. The largest absolute Gasteiger partial charge is 0.359 e. The maximum atomic E-state index is 13.3. The fourth-order valence-corrected chi connectivity index (χ4v) is 3.45. The summed E-state index contributed by atoms with van der Waals surface area (Å²) >= 11 is 0. The molecule has 134 valence electrons. The second kappa shape index (κ2) is 6.86. The van der Waals surface area contributed by atoms with Crippen molar-refractivity contribution in [1.29, 1.82) is 0 Å². The van der Waals surface area contributed by atoms with Crippen LogP contribution in [0.5, 0.6) is 0 Å². The Labute approximate surface area is 151 Å².